The van der Waals surface area contributed by atoms with Crippen molar-refractivity contribution in [2.24, 2.45) is 0 Å². The summed E-state index contributed by atoms with van der Waals surface area (Å²) in [5, 5.41) is 5.90. The van der Waals surface area contributed by atoms with Crippen molar-refractivity contribution < 1.29 is 14.3 Å². The Morgan fingerprint density at radius 3 is 2.73 bits per heavy atom. The highest BCUT2D eigenvalue weighted by molar-refractivity contribution is 6.01. The molecule has 3 rings (SSSR count). The number of benzene rings is 1. The van der Waals surface area contributed by atoms with E-state index in [1.54, 1.807) is 30.0 Å². The maximum absolute atomic E-state index is 12.5. The van der Waals surface area contributed by atoms with Crippen LogP contribution in [0.2, 0.25) is 0 Å². The summed E-state index contributed by atoms with van der Waals surface area (Å²) in [5.74, 6) is 0.529. The van der Waals surface area contributed by atoms with Crippen LogP contribution in [0.1, 0.15) is 46.0 Å². The van der Waals surface area contributed by atoms with Gasteiger partial charge in [-0.3, -0.25) is 4.79 Å². The minimum absolute atomic E-state index is 0.107. The van der Waals surface area contributed by atoms with Gasteiger partial charge in [-0.05, 0) is 44.9 Å². The molecule has 0 spiro atoms. The summed E-state index contributed by atoms with van der Waals surface area (Å²) in [7, 11) is 0. The zero-order valence-corrected chi connectivity index (χ0v) is 15.5. The Bertz CT molecular complexity index is 710. The number of carbonyl (C=O) groups excluding carboxylic acids is 2. The van der Waals surface area contributed by atoms with Crippen LogP contribution in [0.5, 0.6) is 5.75 Å². The minimum Gasteiger partial charge on any atom is -0.479 e. The first-order chi connectivity index (χ1) is 12.4. The van der Waals surface area contributed by atoms with Crippen molar-refractivity contribution in [3.05, 3.63) is 30.4 Å². The fourth-order valence-electron chi connectivity index (χ4n) is 3.52. The second-order valence-electron chi connectivity index (χ2n) is 7.26. The van der Waals surface area contributed by atoms with Crippen LogP contribution in [0.3, 0.4) is 0 Å². The number of hydrogen-bond acceptors (Lipinski definition) is 3. The van der Waals surface area contributed by atoms with Crippen LogP contribution in [0, 0.1) is 0 Å². The van der Waals surface area contributed by atoms with E-state index in [1.165, 1.54) is 6.42 Å². The van der Waals surface area contributed by atoms with Gasteiger partial charge in [0.25, 0.3) is 5.91 Å². The molecule has 1 aromatic carbocycles. The number of carbonyl (C=O) groups is 2. The van der Waals surface area contributed by atoms with Crippen LogP contribution in [0.25, 0.3) is 0 Å². The summed E-state index contributed by atoms with van der Waals surface area (Å²) < 4.78 is 5.69. The Balaban J connectivity index is 1.74. The molecule has 6 nitrogen and oxygen atoms in total. The predicted octanol–water partition coefficient (Wildman–Crippen LogP) is 3.83. The van der Waals surface area contributed by atoms with Gasteiger partial charge < -0.3 is 20.3 Å². The second kappa shape index (κ2) is 7.81. The Labute approximate surface area is 154 Å². The molecule has 26 heavy (non-hydrogen) atoms. The molecule has 1 fully saturated rings. The summed E-state index contributed by atoms with van der Waals surface area (Å²) in [6.07, 6.45) is 5.11. The molecule has 2 aliphatic rings. The zero-order valence-electron chi connectivity index (χ0n) is 15.5. The normalized spacial score (nSPS) is 20.2. The summed E-state index contributed by atoms with van der Waals surface area (Å²) in [6, 6.07) is 5.40. The van der Waals surface area contributed by atoms with E-state index in [2.05, 4.69) is 17.2 Å². The van der Waals surface area contributed by atoms with E-state index < -0.39 is 6.10 Å². The third-order valence-corrected chi connectivity index (χ3v) is 4.79. The fourth-order valence-corrected chi connectivity index (χ4v) is 3.52. The molecule has 0 bridgehead atoms. The molecule has 1 unspecified atom stereocenters. The van der Waals surface area contributed by atoms with Crippen LogP contribution in [0.4, 0.5) is 16.2 Å². The molecule has 0 saturated heterocycles. The average molecular weight is 357 g/mol. The van der Waals surface area contributed by atoms with Gasteiger partial charge in [-0.25, -0.2) is 4.79 Å². The lowest BCUT2D eigenvalue weighted by Crippen LogP contribution is -2.45. The van der Waals surface area contributed by atoms with Crippen LogP contribution in [-0.4, -0.2) is 30.6 Å². The molecule has 6 heteroatoms. The molecular formula is C20H27N3O3. The van der Waals surface area contributed by atoms with Gasteiger partial charge in [0.2, 0.25) is 0 Å². The first-order valence-corrected chi connectivity index (χ1v) is 9.28. The maximum Gasteiger partial charge on any atom is 0.319 e. The van der Waals surface area contributed by atoms with Crippen molar-refractivity contribution in [2.45, 2.75) is 58.1 Å². The fraction of sp³-hybridized carbons (Fsp3) is 0.500. The Morgan fingerprint density at radius 1 is 1.31 bits per heavy atom. The number of urea groups is 1. The van der Waals surface area contributed by atoms with Gasteiger partial charge in [0.1, 0.15) is 5.75 Å². The average Bonchev–Trinajstić information content (AvgIpc) is 2.60. The first kappa shape index (κ1) is 18.3. The van der Waals surface area contributed by atoms with E-state index in [4.69, 9.17) is 4.74 Å². The molecule has 1 aromatic rings. The minimum atomic E-state index is -0.532. The van der Waals surface area contributed by atoms with Crippen molar-refractivity contribution in [1.29, 1.82) is 0 Å². The van der Waals surface area contributed by atoms with Crippen LogP contribution < -0.4 is 20.3 Å². The molecule has 1 atom stereocenters. The van der Waals surface area contributed by atoms with Crippen LogP contribution in [-0.2, 0) is 4.79 Å². The monoisotopic (exact) mass is 357 g/mol. The van der Waals surface area contributed by atoms with Gasteiger partial charge in [0.15, 0.2) is 6.10 Å². The highest BCUT2D eigenvalue weighted by Gasteiger charge is 2.31. The third kappa shape index (κ3) is 4.18. The molecule has 0 radical (unpaired) electrons. The Hall–Kier alpha value is -2.50. The molecule has 1 heterocycles. The van der Waals surface area contributed by atoms with Crippen LogP contribution in [0.15, 0.2) is 30.4 Å². The predicted molar refractivity (Wildman–Crippen MR) is 103 cm³/mol. The summed E-state index contributed by atoms with van der Waals surface area (Å²) in [4.78, 5) is 26.4. The summed E-state index contributed by atoms with van der Waals surface area (Å²) >= 11 is 0. The smallest absolute Gasteiger partial charge is 0.319 e. The van der Waals surface area contributed by atoms with Gasteiger partial charge in [0, 0.05) is 18.3 Å². The van der Waals surface area contributed by atoms with Crippen LogP contribution >= 0.6 is 0 Å². The number of fused-ring (bicyclic) bond motifs is 1. The molecule has 1 aliphatic heterocycles. The third-order valence-electron chi connectivity index (χ3n) is 4.79. The lowest BCUT2D eigenvalue weighted by atomic mass is 9.96. The lowest BCUT2D eigenvalue weighted by molar-refractivity contribution is -0.125. The molecule has 140 valence electrons. The SMILES string of the molecule is C=C(C)CN1C(=O)C(C)Oc2ccc(NC(=O)NC3CCCCC3)cc21. The highest BCUT2D eigenvalue weighted by atomic mass is 16.5. The van der Waals surface area contributed by atoms with Crippen molar-refractivity contribution in [2.75, 3.05) is 16.8 Å². The van der Waals surface area contributed by atoms with Gasteiger partial charge in [-0.15, -0.1) is 0 Å². The molecule has 2 N–H and O–H groups in total. The standard InChI is InChI=1S/C20H27N3O3/c1-13(2)12-23-17-11-16(9-10-18(17)26-14(3)19(23)24)22-20(25)21-15-7-5-4-6-8-15/h9-11,14-15H,1,4-8,12H2,2-3H3,(H2,21,22,25). The Morgan fingerprint density at radius 2 is 2.04 bits per heavy atom. The number of hydrogen-bond donors (Lipinski definition) is 2. The van der Waals surface area contributed by atoms with Crippen molar-refractivity contribution in [3.63, 3.8) is 0 Å². The summed E-state index contributed by atoms with van der Waals surface area (Å²) in [5.41, 5.74) is 2.17. The number of ether oxygens (including phenoxy) is 1. The van der Waals surface area contributed by atoms with E-state index in [1.807, 2.05) is 6.92 Å². The number of amides is 3. The molecule has 0 aromatic heterocycles. The van der Waals surface area contributed by atoms with E-state index in [0.29, 0.717) is 23.7 Å². The molecule has 1 aliphatic carbocycles. The van der Waals surface area contributed by atoms with E-state index in [0.717, 1.165) is 31.3 Å². The maximum atomic E-state index is 12.5. The van der Waals surface area contributed by atoms with E-state index in [9.17, 15) is 9.59 Å². The van der Waals surface area contributed by atoms with Crippen molar-refractivity contribution >= 4 is 23.3 Å². The van der Waals surface area contributed by atoms with E-state index in [-0.39, 0.29) is 18.0 Å². The highest BCUT2D eigenvalue weighted by Crippen LogP contribution is 2.36. The first-order valence-electron chi connectivity index (χ1n) is 9.28. The van der Waals surface area contributed by atoms with Gasteiger partial charge in [-0.1, -0.05) is 31.4 Å². The number of anilines is 2. The topological polar surface area (TPSA) is 70.7 Å². The van der Waals surface area contributed by atoms with E-state index >= 15 is 0 Å². The van der Waals surface area contributed by atoms with Gasteiger partial charge in [0.05, 0.1) is 5.69 Å². The Kier molecular flexibility index (Phi) is 5.49. The molecule has 1 saturated carbocycles. The second-order valence-corrected chi connectivity index (χ2v) is 7.26. The van der Waals surface area contributed by atoms with Crippen molar-refractivity contribution in [1.82, 2.24) is 5.32 Å². The number of rotatable bonds is 4. The zero-order chi connectivity index (χ0) is 18.7. The van der Waals surface area contributed by atoms with Gasteiger partial charge >= 0.3 is 6.03 Å². The molecule has 3 amide bonds. The van der Waals surface area contributed by atoms with Crippen molar-refractivity contribution in [3.8, 4) is 5.75 Å². The molecular weight excluding hydrogens is 330 g/mol. The number of nitrogens with zero attached hydrogens (tertiary/aromatic N) is 1. The quantitative estimate of drug-likeness (QED) is 0.805. The lowest BCUT2D eigenvalue weighted by Gasteiger charge is -2.33. The van der Waals surface area contributed by atoms with Gasteiger partial charge in [-0.2, -0.15) is 0 Å². The summed E-state index contributed by atoms with van der Waals surface area (Å²) in [6.45, 7) is 7.95. The largest absolute Gasteiger partial charge is 0.479 e. The number of nitrogens with one attached hydrogen (secondary N) is 2.